The predicted molar refractivity (Wildman–Crippen MR) is 137 cm³/mol. The summed E-state index contributed by atoms with van der Waals surface area (Å²) >= 11 is 1.58. The van der Waals surface area contributed by atoms with Gasteiger partial charge in [-0.25, -0.2) is 4.98 Å². The summed E-state index contributed by atoms with van der Waals surface area (Å²) in [4.78, 5) is 29.9. The lowest BCUT2D eigenvalue weighted by molar-refractivity contribution is -0.135. The molecule has 0 aliphatic rings. The number of carbonyl (C=O) groups is 2. The Hall–Kier alpha value is -4.17. The minimum atomic E-state index is -1.08. The number of ether oxygens (including phenoxy) is 1. The Balaban J connectivity index is 1.55. The number of amides is 1. The van der Waals surface area contributed by atoms with Crippen LogP contribution in [0.4, 0.5) is 5.13 Å². The van der Waals surface area contributed by atoms with E-state index in [0.29, 0.717) is 18.7 Å². The molecule has 4 rings (SSSR count). The van der Waals surface area contributed by atoms with Crippen LogP contribution in [0.2, 0.25) is 0 Å². The van der Waals surface area contributed by atoms with Crippen molar-refractivity contribution in [3.8, 4) is 17.0 Å². The SMILES string of the molecule is COc1cccc(-c2csc(N(Cc3ccccc3)Cc3ccc(C(=O)NCC(=O)O)cc3)n2)c1. The first-order chi connectivity index (χ1) is 17.0. The molecule has 0 bridgehead atoms. The summed E-state index contributed by atoms with van der Waals surface area (Å²) in [5.74, 6) is -0.711. The maximum atomic E-state index is 12.1. The number of aromatic nitrogens is 1. The molecule has 0 aliphatic carbocycles. The van der Waals surface area contributed by atoms with Crippen LogP contribution in [0.3, 0.4) is 0 Å². The van der Waals surface area contributed by atoms with E-state index >= 15 is 0 Å². The first-order valence-electron chi connectivity index (χ1n) is 11.0. The summed E-state index contributed by atoms with van der Waals surface area (Å²) in [6.45, 7) is 0.856. The van der Waals surface area contributed by atoms with Crippen molar-refractivity contribution in [3.05, 3.63) is 101 Å². The number of nitrogens with one attached hydrogen (secondary N) is 1. The van der Waals surface area contributed by atoms with Gasteiger partial charge in [0.2, 0.25) is 0 Å². The second-order valence-electron chi connectivity index (χ2n) is 7.86. The van der Waals surface area contributed by atoms with Crippen LogP contribution in [0, 0.1) is 0 Å². The second-order valence-corrected chi connectivity index (χ2v) is 8.70. The molecule has 4 aromatic rings. The summed E-state index contributed by atoms with van der Waals surface area (Å²) in [5, 5.41) is 14.1. The van der Waals surface area contributed by atoms with Crippen LogP contribution < -0.4 is 15.0 Å². The van der Waals surface area contributed by atoms with E-state index in [2.05, 4.69) is 22.3 Å². The second kappa shape index (κ2) is 11.3. The lowest BCUT2D eigenvalue weighted by Gasteiger charge is -2.22. The third-order valence-electron chi connectivity index (χ3n) is 5.33. The van der Waals surface area contributed by atoms with Crippen molar-refractivity contribution in [3.63, 3.8) is 0 Å². The number of anilines is 1. The van der Waals surface area contributed by atoms with Gasteiger partial charge in [-0.15, -0.1) is 11.3 Å². The first kappa shape index (κ1) is 24.0. The third kappa shape index (κ3) is 6.45. The molecular weight excluding hydrogens is 462 g/mol. The lowest BCUT2D eigenvalue weighted by Crippen LogP contribution is -2.29. The van der Waals surface area contributed by atoms with E-state index in [1.165, 1.54) is 0 Å². The molecular formula is C27H25N3O4S. The van der Waals surface area contributed by atoms with Crippen LogP contribution in [-0.4, -0.2) is 35.6 Å². The number of aliphatic carboxylic acids is 1. The van der Waals surface area contributed by atoms with E-state index in [9.17, 15) is 9.59 Å². The minimum absolute atomic E-state index is 0.412. The number of benzene rings is 3. The van der Waals surface area contributed by atoms with Crippen molar-refractivity contribution in [2.24, 2.45) is 0 Å². The highest BCUT2D eigenvalue weighted by atomic mass is 32.1. The fraction of sp³-hybridized carbons (Fsp3) is 0.148. The number of carboxylic acid groups (broad SMARTS) is 1. The molecule has 0 radical (unpaired) electrons. The average molecular weight is 488 g/mol. The molecule has 7 nitrogen and oxygen atoms in total. The van der Waals surface area contributed by atoms with Gasteiger partial charge < -0.3 is 20.1 Å². The van der Waals surface area contributed by atoms with Gasteiger partial charge in [0, 0.05) is 29.6 Å². The monoisotopic (exact) mass is 487 g/mol. The Kier molecular flexibility index (Phi) is 7.74. The molecule has 8 heteroatoms. The molecule has 0 fully saturated rings. The average Bonchev–Trinajstić information content (AvgIpc) is 3.38. The van der Waals surface area contributed by atoms with E-state index in [4.69, 9.17) is 14.8 Å². The summed E-state index contributed by atoms with van der Waals surface area (Å²) in [5.41, 5.74) is 4.46. The largest absolute Gasteiger partial charge is 0.497 e. The number of thiazole rings is 1. The molecule has 0 saturated carbocycles. The zero-order chi connectivity index (χ0) is 24.6. The van der Waals surface area contributed by atoms with Gasteiger partial charge in [-0.05, 0) is 35.4 Å². The summed E-state index contributed by atoms with van der Waals surface area (Å²) in [7, 11) is 1.65. The number of carbonyl (C=O) groups excluding carboxylic acids is 1. The van der Waals surface area contributed by atoms with Gasteiger partial charge in [0.05, 0.1) is 12.8 Å². The smallest absolute Gasteiger partial charge is 0.322 e. The molecule has 35 heavy (non-hydrogen) atoms. The van der Waals surface area contributed by atoms with E-state index in [0.717, 1.165) is 33.3 Å². The van der Waals surface area contributed by atoms with Gasteiger partial charge >= 0.3 is 5.97 Å². The minimum Gasteiger partial charge on any atom is -0.497 e. The number of carboxylic acids is 1. The van der Waals surface area contributed by atoms with Crippen molar-refractivity contribution in [1.29, 1.82) is 0 Å². The molecule has 1 heterocycles. The number of nitrogens with zero attached hydrogens (tertiary/aromatic N) is 2. The number of methoxy groups -OCH3 is 1. The highest BCUT2D eigenvalue weighted by Crippen LogP contribution is 2.31. The highest BCUT2D eigenvalue weighted by Gasteiger charge is 2.15. The van der Waals surface area contributed by atoms with Crippen LogP contribution in [0.1, 0.15) is 21.5 Å². The first-order valence-corrected chi connectivity index (χ1v) is 11.9. The summed E-state index contributed by atoms with van der Waals surface area (Å²) in [6.07, 6.45) is 0. The Morgan fingerprint density at radius 2 is 1.69 bits per heavy atom. The molecule has 0 saturated heterocycles. The Bertz CT molecular complexity index is 1290. The maximum absolute atomic E-state index is 12.1. The number of hydrogen-bond donors (Lipinski definition) is 2. The zero-order valence-corrected chi connectivity index (χ0v) is 20.0. The molecule has 3 aromatic carbocycles. The van der Waals surface area contributed by atoms with E-state index in [-0.39, 0.29) is 0 Å². The van der Waals surface area contributed by atoms with Gasteiger partial charge in [-0.2, -0.15) is 0 Å². The van der Waals surface area contributed by atoms with Crippen LogP contribution in [0.5, 0.6) is 5.75 Å². The molecule has 0 aliphatic heterocycles. The Labute approximate surface area is 207 Å². The van der Waals surface area contributed by atoms with Gasteiger partial charge in [0.25, 0.3) is 5.91 Å². The quantitative estimate of drug-likeness (QED) is 0.333. The molecule has 0 atom stereocenters. The zero-order valence-electron chi connectivity index (χ0n) is 19.2. The van der Waals surface area contributed by atoms with Gasteiger partial charge in [0.15, 0.2) is 5.13 Å². The number of rotatable bonds is 10. The van der Waals surface area contributed by atoms with Gasteiger partial charge in [-0.1, -0.05) is 54.6 Å². The van der Waals surface area contributed by atoms with Crippen molar-refractivity contribution >= 4 is 28.3 Å². The van der Waals surface area contributed by atoms with Crippen molar-refractivity contribution in [2.75, 3.05) is 18.6 Å². The van der Waals surface area contributed by atoms with Crippen LogP contribution in [0.15, 0.2) is 84.2 Å². The maximum Gasteiger partial charge on any atom is 0.322 e. The standard InChI is InChI=1S/C27H25N3O4S/c1-34-23-9-5-8-22(14-23)24-18-35-27(29-24)30(16-19-6-3-2-4-7-19)17-20-10-12-21(13-11-20)26(33)28-15-25(31)32/h2-14,18H,15-17H2,1H3,(H,28,33)(H,31,32). The predicted octanol–water partition coefficient (Wildman–Crippen LogP) is 4.84. The molecule has 0 unspecified atom stereocenters. The van der Waals surface area contributed by atoms with E-state index < -0.39 is 18.4 Å². The van der Waals surface area contributed by atoms with Crippen LogP contribution in [0.25, 0.3) is 11.3 Å². The van der Waals surface area contributed by atoms with Gasteiger partial charge in [-0.3, -0.25) is 9.59 Å². The van der Waals surface area contributed by atoms with Crippen molar-refractivity contribution in [1.82, 2.24) is 10.3 Å². The van der Waals surface area contributed by atoms with Crippen LogP contribution >= 0.6 is 11.3 Å². The molecule has 178 valence electrons. The molecule has 1 aromatic heterocycles. The van der Waals surface area contributed by atoms with E-state index in [1.54, 1.807) is 30.6 Å². The summed E-state index contributed by atoms with van der Waals surface area (Å²) in [6, 6.07) is 25.2. The van der Waals surface area contributed by atoms with Gasteiger partial charge in [0.1, 0.15) is 12.3 Å². The lowest BCUT2D eigenvalue weighted by atomic mass is 10.1. The molecule has 1 amide bonds. The fourth-order valence-corrected chi connectivity index (χ4v) is 4.39. The van der Waals surface area contributed by atoms with Crippen molar-refractivity contribution < 1.29 is 19.4 Å². The Morgan fingerprint density at radius 3 is 2.37 bits per heavy atom. The third-order valence-corrected chi connectivity index (χ3v) is 6.24. The Morgan fingerprint density at radius 1 is 0.971 bits per heavy atom. The molecule has 2 N–H and O–H groups in total. The highest BCUT2D eigenvalue weighted by molar-refractivity contribution is 7.14. The summed E-state index contributed by atoms with van der Waals surface area (Å²) < 4.78 is 5.35. The van der Waals surface area contributed by atoms with Crippen LogP contribution in [-0.2, 0) is 17.9 Å². The fourth-order valence-electron chi connectivity index (χ4n) is 3.56. The topological polar surface area (TPSA) is 91.8 Å². The van der Waals surface area contributed by atoms with E-state index in [1.807, 2.05) is 60.0 Å². The van der Waals surface area contributed by atoms with Crippen molar-refractivity contribution in [2.45, 2.75) is 13.1 Å². The normalized spacial score (nSPS) is 10.5. The number of hydrogen-bond acceptors (Lipinski definition) is 6. The molecule has 0 spiro atoms.